The van der Waals surface area contributed by atoms with Gasteiger partial charge >= 0.3 is 0 Å². The van der Waals surface area contributed by atoms with Crippen molar-refractivity contribution in [2.24, 2.45) is 11.3 Å². The molecule has 0 bridgehead atoms. The van der Waals surface area contributed by atoms with Gasteiger partial charge in [0.05, 0.1) is 0 Å². The van der Waals surface area contributed by atoms with Gasteiger partial charge in [-0.05, 0) is 30.7 Å². The van der Waals surface area contributed by atoms with Crippen LogP contribution in [0, 0.1) is 11.3 Å². The average Bonchev–Trinajstić information content (AvgIpc) is 2.26. The number of rotatable bonds is 9. The maximum atomic E-state index is 3.72. The fourth-order valence-corrected chi connectivity index (χ4v) is 2.47. The van der Waals surface area contributed by atoms with Crippen LogP contribution in [0.25, 0.3) is 0 Å². The van der Waals surface area contributed by atoms with E-state index >= 15 is 0 Å². The van der Waals surface area contributed by atoms with E-state index in [0.717, 1.165) is 12.5 Å². The summed E-state index contributed by atoms with van der Waals surface area (Å²) in [6.07, 6.45) is 8.05. The highest BCUT2D eigenvalue weighted by molar-refractivity contribution is 4.80. The highest BCUT2D eigenvalue weighted by Crippen LogP contribution is 2.25. The summed E-state index contributed by atoms with van der Waals surface area (Å²) in [6, 6.07) is 0.678. The lowest BCUT2D eigenvalue weighted by Crippen LogP contribution is -2.40. The van der Waals surface area contributed by atoms with Gasteiger partial charge in [0, 0.05) is 6.04 Å². The smallest absolute Gasteiger partial charge is 0.0116 e. The molecular formula is C16H35N. The first-order valence-electron chi connectivity index (χ1n) is 7.69. The molecule has 17 heavy (non-hydrogen) atoms. The van der Waals surface area contributed by atoms with Gasteiger partial charge in [-0.25, -0.2) is 0 Å². The van der Waals surface area contributed by atoms with Crippen molar-refractivity contribution in [3.05, 3.63) is 0 Å². The van der Waals surface area contributed by atoms with Gasteiger partial charge in [0.25, 0.3) is 0 Å². The summed E-state index contributed by atoms with van der Waals surface area (Å²) in [7, 11) is 0. The van der Waals surface area contributed by atoms with E-state index in [1.807, 2.05) is 0 Å². The SMILES string of the molecule is CCCNC(CCCC(CC)CC)C(C)(C)C. The molecule has 1 N–H and O–H groups in total. The Hall–Kier alpha value is -0.0400. The molecule has 0 aromatic heterocycles. The van der Waals surface area contributed by atoms with Gasteiger partial charge in [-0.2, -0.15) is 0 Å². The van der Waals surface area contributed by atoms with Crippen LogP contribution in [0.3, 0.4) is 0 Å². The fourth-order valence-electron chi connectivity index (χ4n) is 2.47. The largest absolute Gasteiger partial charge is 0.313 e. The Kier molecular flexibility index (Phi) is 8.94. The molecule has 1 unspecified atom stereocenters. The first-order chi connectivity index (χ1) is 7.95. The molecule has 1 heteroatoms. The quantitative estimate of drug-likeness (QED) is 0.598. The van der Waals surface area contributed by atoms with Gasteiger partial charge in [-0.3, -0.25) is 0 Å². The van der Waals surface area contributed by atoms with Crippen LogP contribution in [0.4, 0.5) is 0 Å². The third kappa shape index (κ3) is 7.81. The zero-order valence-electron chi connectivity index (χ0n) is 13.1. The van der Waals surface area contributed by atoms with E-state index in [2.05, 4.69) is 46.9 Å². The molecule has 0 heterocycles. The molecule has 0 spiro atoms. The van der Waals surface area contributed by atoms with Crippen molar-refractivity contribution < 1.29 is 0 Å². The lowest BCUT2D eigenvalue weighted by molar-refractivity contribution is 0.244. The Morgan fingerprint density at radius 3 is 1.94 bits per heavy atom. The standard InChI is InChI=1S/C16H35N/c1-7-13-17-15(16(4,5)6)12-10-11-14(8-2)9-3/h14-15,17H,7-13H2,1-6H3. The second-order valence-electron chi connectivity index (χ2n) is 6.49. The summed E-state index contributed by atoms with van der Waals surface area (Å²) in [6.45, 7) is 15.1. The van der Waals surface area contributed by atoms with E-state index in [4.69, 9.17) is 0 Å². The molecule has 0 saturated heterocycles. The molecule has 1 nitrogen and oxygen atoms in total. The molecular weight excluding hydrogens is 206 g/mol. The average molecular weight is 241 g/mol. The molecule has 104 valence electrons. The second-order valence-corrected chi connectivity index (χ2v) is 6.49. The minimum Gasteiger partial charge on any atom is -0.313 e. The van der Waals surface area contributed by atoms with Gasteiger partial charge in [-0.15, -0.1) is 0 Å². The lowest BCUT2D eigenvalue weighted by Gasteiger charge is -2.32. The van der Waals surface area contributed by atoms with Gasteiger partial charge < -0.3 is 5.32 Å². The van der Waals surface area contributed by atoms with Crippen LogP contribution in [0.5, 0.6) is 0 Å². The van der Waals surface area contributed by atoms with Crippen molar-refractivity contribution in [3.8, 4) is 0 Å². The first kappa shape index (κ1) is 17.0. The maximum Gasteiger partial charge on any atom is 0.0116 e. The van der Waals surface area contributed by atoms with E-state index in [1.54, 1.807) is 0 Å². The molecule has 0 radical (unpaired) electrons. The van der Waals surface area contributed by atoms with Crippen molar-refractivity contribution in [2.75, 3.05) is 6.54 Å². The summed E-state index contributed by atoms with van der Waals surface area (Å²) < 4.78 is 0. The van der Waals surface area contributed by atoms with Crippen LogP contribution in [0.15, 0.2) is 0 Å². The van der Waals surface area contributed by atoms with E-state index < -0.39 is 0 Å². The molecule has 0 aliphatic rings. The van der Waals surface area contributed by atoms with Crippen molar-refractivity contribution in [3.63, 3.8) is 0 Å². The summed E-state index contributed by atoms with van der Waals surface area (Å²) >= 11 is 0. The topological polar surface area (TPSA) is 12.0 Å². The van der Waals surface area contributed by atoms with Crippen molar-refractivity contribution in [2.45, 2.75) is 86.1 Å². The van der Waals surface area contributed by atoms with E-state index in [1.165, 1.54) is 38.5 Å². The zero-order chi connectivity index (χ0) is 13.3. The third-order valence-corrected chi connectivity index (χ3v) is 3.95. The van der Waals surface area contributed by atoms with Crippen LogP contribution in [-0.2, 0) is 0 Å². The van der Waals surface area contributed by atoms with Crippen LogP contribution in [0.2, 0.25) is 0 Å². The van der Waals surface area contributed by atoms with Gasteiger partial charge in [-0.1, -0.05) is 67.2 Å². The van der Waals surface area contributed by atoms with Crippen LogP contribution in [0.1, 0.15) is 80.1 Å². The molecule has 0 aromatic carbocycles. The Bertz CT molecular complexity index is 165. The summed E-state index contributed by atoms with van der Waals surface area (Å²) in [5, 5.41) is 3.72. The second kappa shape index (κ2) is 8.97. The fraction of sp³-hybridized carbons (Fsp3) is 1.00. The molecule has 1 atom stereocenters. The minimum atomic E-state index is 0.392. The monoisotopic (exact) mass is 241 g/mol. The van der Waals surface area contributed by atoms with E-state index in [-0.39, 0.29) is 0 Å². The molecule has 0 aromatic rings. The number of nitrogens with one attached hydrogen (secondary N) is 1. The van der Waals surface area contributed by atoms with Crippen LogP contribution in [-0.4, -0.2) is 12.6 Å². The first-order valence-corrected chi connectivity index (χ1v) is 7.69. The van der Waals surface area contributed by atoms with Crippen molar-refractivity contribution in [1.82, 2.24) is 5.32 Å². The Balaban J connectivity index is 3.99. The number of hydrogen-bond donors (Lipinski definition) is 1. The third-order valence-electron chi connectivity index (χ3n) is 3.95. The molecule has 0 fully saturated rings. The molecule has 0 saturated carbocycles. The summed E-state index contributed by atoms with van der Waals surface area (Å²) in [5.41, 5.74) is 0.392. The van der Waals surface area contributed by atoms with Crippen molar-refractivity contribution >= 4 is 0 Å². The lowest BCUT2D eigenvalue weighted by atomic mass is 9.82. The molecule has 0 aliphatic heterocycles. The summed E-state index contributed by atoms with van der Waals surface area (Å²) in [4.78, 5) is 0. The van der Waals surface area contributed by atoms with Gasteiger partial charge in [0.1, 0.15) is 0 Å². The Morgan fingerprint density at radius 1 is 0.941 bits per heavy atom. The van der Waals surface area contributed by atoms with Crippen LogP contribution < -0.4 is 5.32 Å². The maximum absolute atomic E-state index is 3.72. The Morgan fingerprint density at radius 2 is 1.53 bits per heavy atom. The highest BCUT2D eigenvalue weighted by Gasteiger charge is 2.23. The number of hydrogen-bond acceptors (Lipinski definition) is 1. The summed E-state index contributed by atoms with van der Waals surface area (Å²) in [5.74, 6) is 0.946. The van der Waals surface area contributed by atoms with E-state index in [9.17, 15) is 0 Å². The molecule has 0 rings (SSSR count). The van der Waals surface area contributed by atoms with Crippen LogP contribution >= 0.6 is 0 Å². The molecule has 0 aliphatic carbocycles. The minimum absolute atomic E-state index is 0.392. The predicted molar refractivity (Wildman–Crippen MR) is 79.5 cm³/mol. The van der Waals surface area contributed by atoms with E-state index in [0.29, 0.717) is 11.5 Å². The Labute approximate surface area is 110 Å². The highest BCUT2D eigenvalue weighted by atomic mass is 14.9. The predicted octanol–water partition coefficient (Wildman–Crippen LogP) is 5.01. The van der Waals surface area contributed by atoms with Gasteiger partial charge in [0.15, 0.2) is 0 Å². The zero-order valence-corrected chi connectivity index (χ0v) is 13.1. The normalized spacial score (nSPS) is 14.3. The van der Waals surface area contributed by atoms with Gasteiger partial charge in [0.2, 0.25) is 0 Å². The molecule has 0 amide bonds. The van der Waals surface area contributed by atoms with Crippen molar-refractivity contribution in [1.29, 1.82) is 0 Å².